The first-order chi connectivity index (χ1) is 12.7. The molecule has 148 valence electrons. The molecular formula is C20H38N6. The van der Waals surface area contributed by atoms with Crippen molar-refractivity contribution in [1.29, 1.82) is 0 Å². The van der Waals surface area contributed by atoms with E-state index in [9.17, 15) is 0 Å². The lowest BCUT2D eigenvalue weighted by Crippen LogP contribution is -2.42. The molecule has 1 unspecified atom stereocenters. The molecule has 0 saturated carbocycles. The molecule has 26 heavy (non-hydrogen) atoms. The normalized spacial score (nSPS) is 16.0. The summed E-state index contributed by atoms with van der Waals surface area (Å²) in [4.78, 5) is 4.76. The quantitative estimate of drug-likeness (QED) is 0.380. The highest BCUT2D eigenvalue weighted by Crippen LogP contribution is 2.14. The third kappa shape index (κ3) is 6.96. The Kier molecular flexibility index (Phi) is 9.50. The Morgan fingerprint density at radius 2 is 2.04 bits per heavy atom. The molecule has 0 spiro atoms. The van der Waals surface area contributed by atoms with Crippen molar-refractivity contribution in [3.05, 3.63) is 11.6 Å². The second kappa shape index (κ2) is 11.9. The number of fused-ring (bicyclic) bond motifs is 1. The minimum absolute atomic E-state index is 0.453. The van der Waals surface area contributed by atoms with Crippen LogP contribution in [0.5, 0.6) is 0 Å². The van der Waals surface area contributed by atoms with Crippen molar-refractivity contribution in [2.75, 3.05) is 13.1 Å². The zero-order valence-corrected chi connectivity index (χ0v) is 17.1. The number of unbranched alkanes of at least 4 members (excludes halogenated alkanes) is 3. The van der Waals surface area contributed by atoms with Gasteiger partial charge in [0.15, 0.2) is 5.96 Å². The van der Waals surface area contributed by atoms with Gasteiger partial charge in [-0.25, -0.2) is 0 Å². The highest BCUT2D eigenvalue weighted by Gasteiger charge is 2.14. The van der Waals surface area contributed by atoms with Crippen molar-refractivity contribution < 1.29 is 0 Å². The number of aliphatic imine (C=N–C) groups is 1. The molecule has 1 aliphatic rings. The number of aromatic nitrogens is 3. The van der Waals surface area contributed by atoms with Crippen LogP contribution in [0.2, 0.25) is 0 Å². The first-order valence-electron chi connectivity index (χ1n) is 10.7. The summed E-state index contributed by atoms with van der Waals surface area (Å²) in [6, 6.07) is 0.453. The van der Waals surface area contributed by atoms with Crippen LogP contribution >= 0.6 is 0 Å². The molecule has 6 nitrogen and oxygen atoms in total. The minimum atomic E-state index is 0.453. The number of hydrogen-bond donors (Lipinski definition) is 2. The van der Waals surface area contributed by atoms with Gasteiger partial charge in [-0.1, -0.05) is 39.0 Å². The fourth-order valence-corrected chi connectivity index (χ4v) is 3.50. The molecule has 2 heterocycles. The third-order valence-electron chi connectivity index (χ3n) is 5.01. The van der Waals surface area contributed by atoms with Crippen LogP contribution in [0.4, 0.5) is 0 Å². The number of nitrogens with one attached hydrogen (secondary N) is 2. The summed E-state index contributed by atoms with van der Waals surface area (Å²) in [6.07, 6.45) is 12.1. The fourth-order valence-electron chi connectivity index (χ4n) is 3.50. The van der Waals surface area contributed by atoms with E-state index in [1.165, 1.54) is 51.4 Å². The highest BCUT2D eigenvalue weighted by molar-refractivity contribution is 5.80. The van der Waals surface area contributed by atoms with Gasteiger partial charge >= 0.3 is 0 Å². The fraction of sp³-hybridized carbons (Fsp3) is 0.850. The summed E-state index contributed by atoms with van der Waals surface area (Å²) in [6.45, 7) is 9.31. The van der Waals surface area contributed by atoms with Crippen LogP contribution < -0.4 is 10.6 Å². The Labute approximate surface area is 159 Å². The van der Waals surface area contributed by atoms with Gasteiger partial charge < -0.3 is 15.2 Å². The van der Waals surface area contributed by atoms with Gasteiger partial charge in [-0.2, -0.15) is 0 Å². The number of rotatable bonds is 10. The molecule has 0 radical (unpaired) electrons. The molecule has 1 aliphatic heterocycles. The number of nitrogens with zero attached hydrogens (tertiary/aromatic N) is 4. The lowest BCUT2D eigenvalue weighted by atomic mass is 10.1. The maximum Gasteiger partial charge on any atom is 0.191 e. The lowest BCUT2D eigenvalue weighted by Gasteiger charge is -2.17. The van der Waals surface area contributed by atoms with Gasteiger partial charge in [-0.05, 0) is 33.1 Å². The second-order valence-corrected chi connectivity index (χ2v) is 7.40. The van der Waals surface area contributed by atoms with Crippen LogP contribution in [0, 0.1) is 0 Å². The average molecular weight is 363 g/mol. The Morgan fingerprint density at radius 1 is 1.15 bits per heavy atom. The van der Waals surface area contributed by atoms with Crippen LogP contribution in [0.25, 0.3) is 0 Å². The van der Waals surface area contributed by atoms with Gasteiger partial charge in [0, 0.05) is 38.5 Å². The van der Waals surface area contributed by atoms with E-state index in [2.05, 4.69) is 46.2 Å². The molecule has 2 rings (SSSR count). The van der Waals surface area contributed by atoms with Crippen molar-refractivity contribution in [3.8, 4) is 0 Å². The van der Waals surface area contributed by atoms with Crippen molar-refractivity contribution in [2.45, 2.75) is 97.6 Å². The summed E-state index contributed by atoms with van der Waals surface area (Å²) >= 11 is 0. The van der Waals surface area contributed by atoms with E-state index in [-0.39, 0.29) is 0 Å². The Balaban J connectivity index is 1.82. The van der Waals surface area contributed by atoms with Crippen LogP contribution in [-0.2, 0) is 19.4 Å². The van der Waals surface area contributed by atoms with Crippen LogP contribution in [0.15, 0.2) is 4.99 Å². The first kappa shape index (κ1) is 20.7. The molecular weight excluding hydrogens is 324 g/mol. The van der Waals surface area contributed by atoms with Gasteiger partial charge in [0.2, 0.25) is 0 Å². The molecule has 0 bridgehead atoms. The predicted molar refractivity (Wildman–Crippen MR) is 109 cm³/mol. The number of aryl methyl sites for hydroxylation is 1. The van der Waals surface area contributed by atoms with E-state index in [0.29, 0.717) is 6.04 Å². The average Bonchev–Trinajstić information content (AvgIpc) is 2.86. The highest BCUT2D eigenvalue weighted by atomic mass is 15.3. The lowest BCUT2D eigenvalue weighted by molar-refractivity contribution is 0.537. The largest absolute Gasteiger partial charge is 0.357 e. The van der Waals surface area contributed by atoms with E-state index in [1.54, 1.807) is 0 Å². The molecule has 6 heteroatoms. The van der Waals surface area contributed by atoms with Gasteiger partial charge in [0.05, 0.1) is 0 Å². The molecule has 0 aromatic carbocycles. The van der Waals surface area contributed by atoms with E-state index >= 15 is 0 Å². The molecule has 1 aromatic rings. The van der Waals surface area contributed by atoms with Gasteiger partial charge in [-0.3, -0.25) is 4.99 Å². The molecule has 1 aromatic heterocycles. The smallest absolute Gasteiger partial charge is 0.191 e. The predicted octanol–water partition coefficient (Wildman–Crippen LogP) is 3.46. The Bertz CT molecular complexity index is 536. The second-order valence-electron chi connectivity index (χ2n) is 7.40. The van der Waals surface area contributed by atoms with Crippen molar-refractivity contribution in [3.63, 3.8) is 0 Å². The first-order valence-corrected chi connectivity index (χ1v) is 10.7. The van der Waals surface area contributed by atoms with Gasteiger partial charge in [0.25, 0.3) is 0 Å². The maximum absolute atomic E-state index is 4.76. The maximum atomic E-state index is 4.76. The van der Waals surface area contributed by atoms with E-state index < -0.39 is 0 Å². The van der Waals surface area contributed by atoms with Gasteiger partial charge in [0.1, 0.15) is 11.6 Å². The van der Waals surface area contributed by atoms with Crippen molar-refractivity contribution in [1.82, 2.24) is 25.4 Å². The van der Waals surface area contributed by atoms with Crippen molar-refractivity contribution in [2.24, 2.45) is 4.99 Å². The van der Waals surface area contributed by atoms with Crippen molar-refractivity contribution >= 4 is 5.96 Å². The SMILES string of the molecule is CCCCCCC(C)NC(=NCCc1nnc2n1CCCCC2)NCC. The molecule has 0 amide bonds. The molecule has 0 aliphatic carbocycles. The van der Waals surface area contributed by atoms with Gasteiger partial charge in [-0.15, -0.1) is 10.2 Å². The summed E-state index contributed by atoms with van der Waals surface area (Å²) in [5.41, 5.74) is 0. The zero-order valence-electron chi connectivity index (χ0n) is 17.1. The zero-order chi connectivity index (χ0) is 18.6. The monoisotopic (exact) mass is 362 g/mol. The van der Waals surface area contributed by atoms with E-state index in [1.807, 2.05) is 0 Å². The Hall–Kier alpha value is -1.59. The standard InChI is InChI=1S/C20H38N6/c1-4-6-7-9-12-17(3)23-20(21-5-2)22-15-14-19-25-24-18-13-10-8-11-16-26(18)19/h17H,4-16H2,1-3H3,(H2,21,22,23). The molecule has 2 N–H and O–H groups in total. The number of hydrogen-bond acceptors (Lipinski definition) is 3. The minimum Gasteiger partial charge on any atom is -0.357 e. The summed E-state index contributed by atoms with van der Waals surface area (Å²) in [5, 5.41) is 15.7. The Morgan fingerprint density at radius 3 is 2.85 bits per heavy atom. The van der Waals surface area contributed by atoms with Crippen LogP contribution in [-0.4, -0.2) is 39.9 Å². The number of guanidine groups is 1. The van der Waals surface area contributed by atoms with Crippen LogP contribution in [0.1, 0.15) is 83.8 Å². The van der Waals surface area contributed by atoms with Crippen LogP contribution in [0.3, 0.4) is 0 Å². The summed E-state index contributed by atoms with van der Waals surface area (Å²) < 4.78 is 2.32. The topological polar surface area (TPSA) is 67.1 Å². The van der Waals surface area contributed by atoms with E-state index in [4.69, 9.17) is 4.99 Å². The summed E-state index contributed by atoms with van der Waals surface area (Å²) in [5.74, 6) is 3.17. The van der Waals surface area contributed by atoms with E-state index in [0.717, 1.165) is 50.1 Å². The molecule has 1 atom stereocenters. The molecule has 0 fully saturated rings. The summed E-state index contributed by atoms with van der Waals surface area (Å²) in [7, 11) is 0. The molecule has 0 saturated heterocycles. The third-order valence-corrected chi connectivity index (χ3v) is 5.01.